The minimum atomic E-state index is -0.0177. The smallest absolute Gasteiger partial charge is 0.254 e. The van der Waals surface area contributed by atoms with Crippen molar-refractivity contribution in [2.45, 2.75) is 20.4 Å². The van der Waals surface area contributed by atoms with Crippen molar-refractivity contribution in [3.05, 3.63) is 45.4 Å². The largest absolute Gasteiger partial charge is 0.399 e. The fourth-order valence-corrected chi connectivity index (χ4v) is 2.71. The van der Waals surface area contributed by atoms with Crippen molar-refractivity contribution < 1.29 is 4.79 Å². The zero-order valence-corrected chi connectivity index (χ0v) is 14.6. The van der Waals surface area contributed by atoms with Crippen LogP contribution in [0.1, 0.15) is 25.8 Å². The summed E-state index contributed by atoms with van der Waals surface area (Å²) in [4.78, 5) is 19.3. The molecule has 0 unspecified atom stereocenters. The molecule has 0 atom stereocenters. The number of nitrogen functional groups attached to an aromatic ring is 1. The first kappa shape index (κ1) is 19.7. The Labute approximate surface area is 141 Å². The third kappa shape index (κ3) is 4.88. The van der Waals surface area contributed by atoms with Gasteiger partial charge < -0.3 is 10.6 Å². The molecule has 1 aromatic carbocycles. The maximum absolute atomic E-state index is 12.4. The molecule has 2 rings (SSSR count). The minimum absolute atomic E-state index is 0. The highest BCUT2D eigenvalue weighted by Crippen LogP contribution is 2.18. The zero-order chi connectivity index (χ0) is 14.0. The quantitative estimate of drug-likeness (QED) is 0.865. The summed E-state index contributed by atoms with van der Waals surface area (Å²) < 4.78 is 0. The predicted molar refractivity (Wildman–Crippen MR) is 92.7 cm³/mol. The summed E-state index contributed by atoms with van der Waals surface area (Å²) in [6.07, 6.45) is 1.82. The Hall–Kier alpha value is -1.30. The summed E-state index contributed by atoms with van der Waals surface area (Å²) in [5.41, 5.74) is 7.94. The summed E-state index contributed by atoms with van der Waals surface area (Å²) in [6.45, 7) is 4.44. The van der Waals surface area contributed by atoms with Crippen LogP contribution in [-0.4, -0.2) is 22.8 Å². The van der Waals surface area contributed by atoms with Crippen molar-refractivity contribution in [1.29, 1.82) is 0 Å². The zero-order valence-electron chi connectivity index (χ0n) is 12.1. The number of thiazole rings is 1. The molecule has 0 aliphatic carbocycles. The van der Waals surface area contributed by atoms with Gasteiger partial charge in [0.15, 0.2) is 0 Å². The fourth-order valence-electron chi connectivity index (χ4n) is 1.86. The standard InChI is InChI=1S/C14H17N3OS.2ClH/c1-9-4-5-11(15)6-13(9)14(18)17(3)8-12-7-16-10(2)19-12;;/h4-7H,8,15H2,1-3H3;2*1H. The molecule has 116 valence electrons. The number of carbonyl (C=O) groups is 1. The number of rotatable bonds is 3. The highest BCUT2D eigenvalue weighted by Gasteiger charge is 2.15. The van der Waals surface area contributed by atoms with E-state index in [1.807, 2.05) is 26.1 Å². The van der Waals surface area contributed by atoms with Gasteiger partial charge in [0.05, 0.1) is 11.6 Å². The summed E-state index contributed by atoms with van der Waals surface area (Å²) in [6, 6.07) is 5.40. The van der Waals surface area contributed by atoms with E-state index < -0.39 is 0 Å². The Kier molecular flexibility index (Phi) is 7.71. The number of benzene rings is 1. The van der Waals surface area contributed by atoms with Crippen LogP contribution in [0.5, 0.6) is 0 Å². The summed E-state index contributed by atoms with van der Waals surface area (Å²) in [7, 11) is 1.79. The van der Waals surface area contributed by atoms with Crippen LogP contribution < -0.4 is 5.73 Å². The Morgan fingerprint density at radius 1 is 1.33 bits per heavy atom. The number of amides is 1. The Balaban J connectivity index is 0.00000200. The number of aromatic nitrogens is 1. The Morgan fingerprint density at radius 3 is 2.57 bits per heavy atom. The molecule has 1 heterocycles. The maximum atomic E-state index is 12.4. The van der Waals surface area contributed by atoms with Crippen LogP contribution in [0.15, 0.2) is 24.4 Å². The van der Waals surface area contributed by atoms with Crippen LogP contribution in [0.25, 0.3) is 0 Å². The van der Waals surface area contributed by atoms with Gasteiger partial charge in [-0.15, -0.1) is 36.2 Å². The van der Waals surface area contributed by atoms with Crippen LogP contribution in [0.3, 0.4) is 0 Å². The van der Waals surface area contributed by atoms with Crippen molar-refractivity contribution in [2.75, 3.05) is 12.8 Å². The molecule has 2 aromatic rings. The van der Waals surface area contributed by atoms with Gasteiger partial charge in [-0.2, -0.15) is 0 Å². The van der Waals surface area contributed by atoms with Crippen LogP contribution in [0, 0.1) is 13.8 Å². The van der Waals surface area contributed by atoms with Crippen molar-refractivity contribution in [3.8, 4) is 0 Å². The molecule has 1 aromatic heterocycles. The van der Waals surface area contributed by atoms with Gasteiger partial charge in [0, 0.05) is 29.4 Å². The molecule has 0 bridgehead atoms. The number of hydrogen-bond donors (Lipinski definition) is 1. The second-order valence-corrected chi connectivity index (χ2v) is 5.90. The van der Waals surface area contributed by atoms with Crippen LogP contribution in [-0.2, 0) is 6.54 Å². The summed E-state index contributed by atoms with van der Waals surface area (Å²) in [5, 5.41) is 1.01. The van der Waals surface area contributed by atoms with Crippen molar-refractivity contribution in [2.24, 2.45) is 0 Å². The van der Waals surface area contributed by atoms with E-state index in [1.54, 1.807) is 35.4 Å². The van der Waals surface area contributed by atoms with E-state index in [-0.39, 0.29) is 30.7 Å². The molecule has 1 amide bonds. The number of halogens is 2. The number of nitrogens with two attached hydrogens (primary N) is 1. The molecular weight excluding hydrogens is 329 g/mol. The first-order chi connectivity index (χ1) is 8.97. The van der Waals surface area contributed by atoms with Crippen LogP contribution in [0.4, 0.5) is 5.69 Å². The van der Waals surface area contributed by atoms with E-state index in [1.165, 1.54) is 0 Å². The van der Waals surface area contributed by atoms with Gasteiger partial charge in [0.1, 0.15) is 0 Å². The Bertz CT molecular complexity index is 616. The van der Waals surface area contributed by atoms with Gasteiger partial charge in [-0.1, -0.05) is 6.07 Å². The van der Waals surface area contributed by atoms with Crippen molar-refractivity contribution >= 4 is 47.7 Å². The number of hydrogen-bond acceptors (Lipinski definition) is 4. The van der Waals surface area contributed by atoms with Gasteiger partial charge in [-0.25, -0.2) is 4.98 Å². The fraction of sp³-hybridized carbons (Fsp3) is 0.286. The normalized spacial score (nSPS) is 9.48. The molecule has 4 nitrogen and oxygen atoms in total. The lowest BCUT2D eigenvalue weighted by atomic mass is 10.1. The molecule has 0 spiro atoms. The number of aryl methyl sites for hydroxylation is 2. The van der Waals surface area contributed by atoms with Gasteiger partial charge in [-0.05, 0) is 31.5 Å². The van der Waals surface area contributed by atoms with Gasteiger partial charge in [-0.3, -0.25) is 4.79 Å². The molecule has 0 fully saturated rings. The molecule has 21 heavy (non-hydrogen) atoms. The number of nitrogens with zero attached hydrogens (tertiary/aromatic N) is 2. The first-order valence-electron chi connectivity index (χ1n) is 6.00. The van der Waals surface area contributed by atoms with Gasteiger partial charge >= 0.3 is 0 Å². The molecule has 2 N–H and O–H groups in total. The molecule has 0 saturated heterocycles. The summed E-state index contributed by atoms with van der Waals surface area (Å²) >= 11 is 1.61. The SMILES string of the molecule is Cc1ncc(CN(C)C(=O)c2cc(N)ccc2C)s1.Cl.Cl. The molecule has 0 saturated carbocycles. The second kappa shape index (κ2) is 8.22. The van der Waals surface area contributed by atoms with E-state index in [0.29, 0.717) is 17.8 Å². The predicted octanol–water partition coefficient (Wildman–Crippen LogP) is 3.46. The number of carbonyl (C=O) groups excluding carboxylic acids is 1. The molecule has 0 aliphatic heterocycles. The van der Waals surface area contributed by atoms with Crippen LogP contribution in [0.2, 0.25) is 0 Å². The Morgan fingerprint density at radius 2 is 2.00 bits per heavy atom. The molecular formula is C14H19Cl2N3OS. The third-order valence-electron chi connectivity index (χ3n) is 2.90. The molecule has 0 aliphatic rings. The highest BCUT2D eigenvalue weighted by atomic mass is 35.5. The monoisotopic (exact) mass is 347 g/mol. The van der Waals surface area contributed by atoms with Gasteiger partial charge in [0.25, 0.3) is 5.91 Å². The third-order valence-corrected chi connectivity index (χ3v) is 3.80. The van der Waals surface area contributed by atoms with Crippen LogP contribution >= 0.6 is 36.2 Å². The van der Waals surface area contributed by atoms with E-state index >= 15 is 0 Å². The average Bonchev–Trinajstić information content (AvgIpc) is 2.77. The summed E-state index contributed by atoms with van der Waals surface area (Å²) in [5.74, 6) is -0.0177. The lowest BCUT2D eigenvalue weighted by Crippen LogP contribution is -2.26. The van der Waals surface area contributed by atoms with E-state index in [2.05, 4.69) is 4.98 Å². The first-order valence-corrected chi connectivity index (χ1v) is 6.82. The molecule has 7 heteroatoms. The van der Waals surface area contributed by atoms with E-state index in [0.717, 1.165) is 15.4 Å². The highest BCUT2D eigenvalue weighted by molar-refractivity contribution is 7.11. The van der Waals surface area contributed by atoms with Gasteiger partial charge in [0.2, 0.25) is 0 Å². The topological polar surface area (TPSA) is 59.2 Å². The van der Waals surface area contributed by atoms with Crippen molar-refractivity contribution in [1.82, 2.24) is 9.88 Å². The van der Waals surface area contributed by atoms with E-state index in [9.17, 15) is 4.79 Å². The lowest BCUT2D eigenvalue weighted by Gasteiger charge is -2.17. The number of anilines is 1. The minimum Gasteiger partial charge on any atom is -0.399 e. The maximum Gasteiger partial charge on any atom is 0.254 e. The van der Waals surface area contributed by atoms with E-state index in [4.69, 9.17) is 5.73 Å². The second-order valence-electron chi connectivity index (χ2n) is 4.58. The average molecular weight is 348 g/mol. The molecule has 0 radical (unpaired) electrons. The lowest BCUT2D eigenvalue weighted by molar-refractivity contribution is 0.0785. The van der Waals surface area contributed by atoms with Crippen molar-refractivity contribution in [3.63, 3.8) is 0 Å².